The van der Waals surface area contributed by atoms with E-state index in [4.69, 9.17) is 9.15 Å². The highest BCUT2D eigenvalue weighted by Crippen LogP contribution is 2.34. The van der Waals surface area contributed by atoms with Crippen LogP contribution >= 0.6 is 0 Å². The Balaban J connectivity index is 1.50. The largest absolute Gasteiger partial charge is 0.507 e. The van der Waals surface area contributed by atoms with Gasteiger partial charge in [0.05, 0.1) is 24.4 Å². The van der Waals surface area contributed by atoms with Gasteiger partial charge in [0, 0.05) is 18.0 Å². The summed E-state index contributed by atoms with van der Waals surface area (Å²) in [5, 5.41) is 15.1. The number of carbonyl (C=O) groups excluding carboxylic acids is 1. The number of phenols is 1. The second-order valence-electron chi connectivity index (χ2n) is 6.95. The molecule has 5 rings (SSSR count). The van der Waals surface area contributed by atoms with Crippen molar-refractivity contribution in [2.24, 2.45) is 0 Å². The van der Waals surface area contributed by atoms with Crippen molar-refractivity contribution >= 4 is 33.5 Å². The Labute approximate surface area is 176 Å². The third kappa shape index (κ3) is 3.42. The van der Waals surface area contributed by atoms with Crippen LogP contribution in [0.25, 0.3) is 33.3 Å². The topological polar surface area (TPSA) is 97.5 Å². The summed E-state index contributed by atoms with van der Waals surface area (Å²) in [5.41, 5.74) is 2.38. The van der Waals surface area contributed by atoms with Crippen LogP contribution < -0.4 is 10.1 Å². The number of ether oxygens (including phenoxy) is 1. The fourth-order valence-electron chi connectivity index (χ4n) is 3.44. The van der Waals surface area contributed by atoms with Gasteiger partial charge in [0.1, 0.15) is 17.0 Å². The molecule has 1 amide bonds. The van der Waals surface area contributed by atoms with Crippen molar-refractivity contribution in [1.29, 1.82) is 0 Å². The van der Waals surface area contributed by atoms with Crippen molar-refractivity contribution < 1.29 is 19.1 Å². The Morgan fingerprint density at radius 1 is 1.06 bits per heavy atom. The van der Waals surface area contributed by atoms with Gasteiger partial charge in [-0.15, -0.1) is 0 Å². The molecule has 7 heteroatoms. The van der Waals surface area contributed by atoms with Crippen molar-refractivity contribution in [2.75, 3.05) is 12.4 Å². The zero-order valence-electron chi connectivity index (χ0n) is 16.5. The SMILES string of the molecule is COc1cc2ccccc2cc1C(=O)Nc1ccc(O)c(-c2nc3cnccc3o2)c1. The van der Waals surface area contributed by atoms with Gasteiger partial charge in [-0.2, -0.15) is 0 Å². The fourth-order valence-corrected chi connectivity index (χ4v) is 3.44. The number of amides is 1. The van der Waals surface area contributed by atoms with Gasteiger partial charge in [-0.25, -0.2) is 4.98 Å². The number of phenolic OH excluding ortho intramolecular Hbond substituents is 1. The number of hydrogen-bond acceptors (Lipinski definition) is 6. The summed E-state index contributed by atoms with van der Waals surface area (Å²) in [6.07, 6.45) is 3.18. The minimum Gasteiger partial charge on any atom is -0.507 e. The Morgan fingerprint density at radius 3 is 2.65 bits per heavy atom. The van der Waals surface area contributed by atoms with Crippen molar-refractivity contribution in [1.82, 2.24) is 9.97 Å². The van der Waals surface area contributed by atoms with E-state index in [1.807, 2.05) is 30.3 Å². The molecule has 7 nitrogen and oxygen atoms in total. The molecule has 0 radical (unpaired) electrons. The van der Waals surface area contributed by atoms with Crippen LogP contribution in [0.5, 0.6) is 11.5 Å². The number of rotatable bonds is 4. The zero-order chi connectivity index (χ0) is 21.4. The van der Waals surface area contributed by atoms with E-state index in [2.05, 4.69) is 15.3 Å². The molecule has 0 saturated carbocycles. The first-order chi connectivity index (χ1) is 15.1. The van der Waals surface area contributed by atoms with Gasteiger partial charge in [0.25, 0.3) is 5.91 Å². The summed E-state index contributed by atoms with van der Waals surface area (Å²) in [5.74, 6) is 0.364. The summed E-state index contributed by atoms with van der Waals surface area (Å²) in [6, 6.07) is 17.8. The highest BCUT2D eigenvalue weighted by molar-refractivity contribution is 6.09. The maximum atomic E-state index is 13.0. The van der Waals surface area contributed by atoms with Gasteiger partial charge in [-0.1, -0.05) is 24.3 Å². The van der Waals surface area contributed by atoms with Gasteiger partial charge in [0.15, 0.2) is 5.58 Å². The molecule has 0 unspecified atom stereocenters. The van der Waals surface area contributed by atoms with Crippen LogP contribution in [0.4, 0.5) is 5.69 Å². The van der Waals surface area contributed by atoms with Crippen LogP contribution in [0.2, 0.25) is 0 Å². The Morgan fingerprint density at radius 2 is 1.87 bits per heavy atom. The third-order valence-electron chi connectivity index (χ3n) is 4.99. The number of aromatic hydroxyl groups is 1. The number of fused-ring (bicyclic) bond motifs is 2. The standard InChI is InChI=1S/C24H17N3O4/c1-30-22-11-15-5-3-2-4-14(15)10-18(22)23(29)26-16-6-7-20(28)17(12-16)24-27-19-13-25-9-8-21(19)31-24/h2-13,28H,1H3,(H,26,29). The Hall–Kier alpha value is -4.39. The molecule has 2 aromatic heterocycles. The number of benzene rings is 3. The number of anilines is 1. The molecular formula is C24H17N3O4. The lowest BCUT2D eigenvalue weighted by molar-refractivity contribution is 0.102. The lowest BCUT2D eigenvalue weighted by atomic mass is 10.0. The molecule has 5 aromatic rings. The molecule has 0 bridgehead atoms. The van der Waals surface area contributed by atoms with E-state index in [1.54, 1.807) is 36.7 Å². The first-order valence-electron chi connectivity index (χ1n) is 9.54. The Bertz CT molecular complexity index is 1410. The Kier molecular flexibility index (Phi) is 4.48. The van der Waals surface area contributed by atoms with Crippen molar-refractivity contribution in [2.45, 2.75) is 0 Å². The van der Waals surface area contributed by atoms with Crippen LogP contribution in [0, 0.1) is 0 Å². The normalized spacial score (nSPS) is 11.0. The van der Waals surface area contributed by atoms with Gasteiger partial charge in [-0.3, -0.25) is 9.78 Å². The van der Waals surface area contributed by atoms with Crippen LogP contribution in [-0.2, 0) is 0 Å². The lowest BCUT2D eigenvalue weighted by Gasteiger charge is -2.12. The van der Waals surface area contributed by atoms with Crippen LogP contribution in [-0.4, -0.2) is 28.1 Å². The first kappa shape index (κ1) is 18.6. The number of pyridine rings is 1. The van der Waals surface area contributed by atoms with Gasteiger partial charge >= 0.3 is 0 Å². The highest BCUT2D eigenvalue weighted by Gasteiger charge is 2.17. The number of oxazole rings is 1. The minimum atomic E-state index is -0.332. The van der Waals surface area contributed by atoms with Crippen LogP contribution in [0.15, 0.2) is 77.5 Å². The minimum absolute atomic E-state index is 0.0131. The number of aromatic nitrogens is 2. The van der Waals surface area contributed by atoms with Crippen molar-refractivity contribution in [3.8, 4) is 23.0 Å². The van der Waals surface area contributed by atoms with E-state index in [1.165, 1.54) is 13.2 Å². The fraction of sp³-hybridized carbons (Fsp3) is 0.0417. The van der Waals surface area contributed by atoms with E-state index >= 15 is 0 Å². The van der Waals surface area contributed by atoms with Crippen molar-refractivity contribution in [3.63, 3.8) is 0 Å². The predicted molar refractivity (Wildman–Crippen MR) is 117 cm³/mol. The summed E-state index contributed by atoms with van der Waals surface area (Å²) in [6.45, 7) is 0. The van der Waals surface area contributed by atoms with Crippen LogP contribution in [0.3, 0.4) is 0 Å². The van der Waals surface area contributed by atoms with Gasteiger partial charge in [0.2, 0.25) is 5.89 Å². The summed E-state index contributed by atoms with van der Waals surface area (Å²) in [4.78, 5) is 21.4. The van der Waals surface area contributed by atoms with E-state index in [9.17, 15) is 9.90 Å². The number of carbonyl (C=O) groups is 1. The van der Waals surface area contributed by atoms with E-state index in [0.29, 0.717) is 33.7 Å². The molecule has 31 heavy (non-hydrogen) atoms. The molecule has 0 atom stereocenters. The smallest absolute Gasteiger partial charge is 0.259 e. The average Bonchev–Trinajstić information content (AvgIpc) is 3.23. The molecule has 152 valence electrons. The zero-order valence-corrected chi connectivity index (χ0v) is 16.5. The summed E-state index contributed by atoms with van der Waals surface area (Å²) < 4.78 is 11.1. The molecule has 2 N–H and O–H groups in total. The second-order valence-corrected chi connectivity index (χ2v) is 6.95. The van der Waals surface area contributed by atoms with E-state index in [0.717, 1.165) is 10.8 Å². The van der Waals surface area contributed by atoms with E-state index < -0.39 is 0 Å². The second kappa shape index (κ2) is 7.46. The number of methoxy groups -OCH3 is 1. The molecule has 0 fully saturated rings. The third-order valence-corrected chi connectivity index (χ3v) is 4.99. The molecular weight excluding hydrogens is 394 g/mol. The highest BCUT2D eigenvalue weighted by atomic mass is 16.5. The summed E-state index contributed by atoms with van der Waals surface area (Å²) in [7, 11) is 1.53. The molecule has 0 saturated heterocycles. The molecule has 2 heterocycles. The molecule has 0 aliphatic carbocycles. The molecule has 0 spiro atoms. The molecule has 0 aliphatic heterocycles. The lowest BCUT2D eigenvalue weighted by Crippen LogP contribution is -2.13. The first-order valence-corrected chi connectivity index (χ1v) is 9.54. The predicted octanol–water partition coefficient (Wildman–Crippen LogP) is 5.01. The maximum Gasteiger partial charge on any atom is 0.259 e. The quantitative estimate of drug-likeness (QED) is 0.404. The van der Waals surface area contributed by atoms with Crippen LogP contribution in [0.1, 0.15) is 10.4 Å². The molecule has 3 aromatic carbocycles. The average molecular weight is 411 g/mol. The van der Waals surface area contributed by atoms with Crippen molar-refractivity contribution in [3.05, 3.63) is 78.6 Å². The number of nitrogens with zero attached hydrogens (tertiary/aromatic N) is 2. The monoisotopic (exact) mass is 411 g/mol. The number of hydrogen-bond donors (Lipinski definition) is 2. The van der Waals surface area contributed by atoms with Gasteiger partial charge < -0.3 is 19.6 Å². The van der Waals surface area contributed by atoms with Gasteiger partial charge in [-0.05, 0) is 41.1 Å². The molecule has 0 aliphatic rings. The summed E-state index contributed by atoms with van der Waals surface area (Å²) >= 11 is 0. The maximum absolute atomic E-state index is 13.0. The number of nitrogens with one attached hydrogen (secondary N) is 1. The van der Waals surface area contributed by atoms with E-state index in [-0.39, 0.29) is 17.5 Å².